The predicted molar refractivity (Wildman–Crippen MR) is 104 cm³/mol. The molecule has 0 spiro atoms. The van der Waals surface area contributed by atoms with Crippen molar-refractivity contribution in [3.05, 3.63) is 59.7 Å². The van der Waals surface area contributed by atoms with Crippen molar-refractivity contribution < 1.29 is 36.4 Å². The fourth-order valence-corrected chi connectivity index (χ4v) is 4.41. The molecule has 4 N–H and O–H groups in total. The van der Waals surface area contributed by atoms with Gasteiger partial charge in [-0.05, 0) is 59.7 Å². The van der Waals surface area contributed by atoms with Crippen molar-refractivity contribution >= 4 is 42.6 Å². The number of aromatic hydroxyl groups is 1. The first-order valence-electron chi connectivity index (χ1n) is 8.00. The molecule has 29 heavy (non-hydrogen) atoms. The maximum atomic E-state index is 12.7. The molecule has 0 aromatic heterocycles. The van der Waals surface area contributed by atoms with Crippen LogP contribution in [0.1, 0.15) is 15.9 Å². The van der Waals surface area contributed by atoms with E-state index in [1.54, 1.807) is 6.92 Å². The second-order valence-corrected chi connectivity index (χ2v) is 9.29. The lowest BCUT2D eigenvalue weighted by Gasteiger charge is -2.12. The van der Waals surface area contributed by atoms with Crippen LogP contribution < -0.4 is 4.72 Å². The van der Waals surface area contributed by atoms with Crippen LogP contribution in [-0.4, -0.2) is 37.6 Å². The molecule has 0 saturated carbocycles. The van der Waals surface area contributed by atoms with Gasteiger partial charge in [0.25, 0.3) is 20.1 Å². The zero-order valence-corrected chi connectivity index (χ0v) is 16.5. The number of carbonyl (C=O) groups is 1. The van der Waals surface area contributed by atoms with Crippen molar-refractivity contribution in [2.75, 3.05) is 4.72 Å². The minimum Gasteiger partial charge on any atom is -0.508 e. The van der Waals surface area contributed by atoms with Gasteiger partial charge in [0, 0.05) is 0 Å². The van der Waals surface area contributed by atoms with Gasteiger partial charge in [-0.25, -0.2) is 13.2 Å². The van der Waals surface area contributed by atoms with Crippen LogP contribution >= 0.6 is 0 Å². The minimum atomic E-state index is -4.52. The van der Waals surface area contributed by atoms with Gasteiger partial charge >= 0.3 is 5.97 Å². The van der Waals surface area contributed by atoms with E-state index in [4.69, 9.17) is 4.55 Å². The second-order valence-electron chi connectivity index (χ2n) is 6.19. The molecule has 0 amide bonds. The third-order valence-electron chi connectivity index (χ3n) is 4.28. The van der Waals surface area contributed by atoms with Crippen LogP contribution in [0, 0.1) is 6.92 Å². The number of carboxylic acids is 1. The zero-order chi connectivity index (χ0) is 21.6. The number of sulfonamides is 1. The summed E-state index contributed by atoms with van der Waals surface area (Å²) in [6.45, 7) is 1.57. The molecule has 0 saturated heterocycles. The number of aromatic carboxylic acids is 1. The highest BCUT2D eigenvalue weighted by molar-refractivity contribution is 7.92. The SMILES string of the molecule is Cc1c(O)cc(C(=O)O)c2cc(S(=O)(=O)Nc3cccc(S(=O)(=O)O)c3)ccc12. The summed E-state index contributed by atoms with van der Waals surface area (Å²) in [4.78, 5) is 10.7. The largest absolute Gasteiger partial charge is 0.508 e. The van der Waals surface area contributed by atoms with Gasteiger partial charge in [-0.1, -0.05) is 12.1 Å². The number of phenolic OH excluding ortho intramolecular Hbond substituents is 1. The topological polar surface area (TPSA) is 158 Å². The number of rotatable bonds is 5. The summed E-state index contributed by atoms with van der Waals surface area (Å²) in [6.07, 6.45) is 0. The molecule has 9 nitrogen and oxygen atoms in total. The number of fused-ring (bicyclic) bond motifs is 1. The van der Waals surface area contributed by atoms with Crippen LogP contribution in [0.4, 0.5) is 5.69 Å². The number of carboxylic acid groups (broad SMARTS) is 1. The molecule has 0 aliphatic rings. The maximum Gasteiger partial charge on any atom is 0.336 e. The summed E-state index contributed by atoms with van der Waals surface area (Å²) in [7, 11) is -8.74. The van der Waals surface area contributed by atoms with E-state index in [1.165, 1.54) is 24.3 Å². The van der Waals surface area contributed by atoms with Gasteiger partial charge in [-0.15, -0.1) is 0 Å². The van der Waals surface area contributed by atoms with Gasteiger partial charge in [0.05, 0.1) is 21.0 Å². The lowest BCUT2D eigenvalue weighted by Crippen LogP contribution is -2.13. The Hall–Kier alpha value is -3.15. The zero-order valence-electron chi connectivity index (χ0n) is 14.8. The average molecular weight is 437 g/mol. The van der Waals surface area contributed by atoms with E-state index in [0.717, 1.165) is 24.3 Å². The third-order valence-corrected chi connectivity index (χ3v) is 6.50. The van der Waals surface area contributed by atoms with E-state index < -0.39 is 31.0 Å². The van der Waals surface area contributed by atoms with E-state index in [9.17, 15) is 31.8 Å². The summed E-state index contributed by atoms with van der Waals surface area (Å²) in [5, 5.41) is 19.8. The molecule has 0 fully saturated rings. The Bertz CT molecular complexity index is 1360. The number of hydrogen-bond donors (Lipinski definition) is 4. The van der Waals surface area contributed by atoms with Crippen molar-refractivity contribution in [1.82, 2.24) is 0 Å². The molecule has 0 unspecified atom stereocenters. The van der Waals surface area contributed by atoms with Crippen LogP contribution in [0.5, 0.6) is 5.75 Å². The second kappa shape index (κ2) is 7.03. The van der Waals surface area contributed by atoms with Crippen molar-refractivity contribution in [1.29, 1.82) is 0 Å². The van der Waals surface area contributed by atoms with Gasteiger partial charge < -0.3 is 10.2 Å². The number of nitrogens with one attached hydrogen (secondary N) is 1. The van der Waals surface area contributed by atoms with E-state index in [1.807, 2.05) is 0 Å². The summed E-state index contributed by atoms with van der Waals surface area (Å²) in [5.74, 6) is -1.57. The van der Waals surface area contributed by atoms with E-state index in [0.29, 0.717) is 10.9 Å². The van der Waals surface area contributed by atoms with Crippen molar-refractivity contribution in [2.45, 2.75) is 16.7 Å². The molecule has 3 rings (SSSR count). The fraction of sp³-hybridized carbons (Fsp3) is 0.0556. The Balaban J connectivity index is 2.11. The van der Waals surface area contributed by atoms with Crippen molar-refractivity contribution in [2.24, 2.45) is 0 Å². The summed E-state index contributed by atoms with van der Waals surface area (Å²) < 4.78 is 59.2. The van der Waals surface area contributed by atoms with Crippen LogP contribution in [0.15, 0.2) is 58.3 Å². The van der Waals surface area contributed by atoms with Crippen molar-refractivity contribution in [3.63, 3.8) is 0 Å². The van der Waals surface area contributed by atoms with Crippen molar-refractivity contribution in [3.8, 4) is 5.75 Å². The van der Waals surface area contributed by atoms with E-state index in [2.05, 4.69) is 4.72 Å². The number of benzene rings is 3. The maximum absolute atomic E-state index is 12.7. The Morgan fingerprint density at radius 2 is 1.62 bits per heavy atom. The number of hydrogen-bond acceptors (Lipinski definition) is 6. The monoisotopic (exact) mass is 437 g/mol. The molecule has 152 valence electrons. The van der Waals surface area contributed by atoms with Gasteiger partial charge in [-0.2, -0.15) is 8.42 Å². The highest BCUT2D eigenvalue weighted by atomic mass is 32.2. The Kier molecular flexibility index (Phi) is 4.99. The lowest BCUT2D eigenvalue weighted by atomic mass is 9.99. The Labute approximate surface area is 166 Å². The Morgan fingerprint density at radius 1 is 0.931 bits per heavy atom. The first kappa shape index (κ1) is 20.6. The normalized spacial score (nSPS) is 12.1. The van der Waals surface area contributed by atoms with Crippen LogP contribution in [0.3, 0.4) is 0 Å². The van der Waals surface area contributed by atoms with Crippen LogP contribution in [-0.2, 0) is 20.1 Å². The lowest BCUT2D eigenvalue weighted by molar-refractivity contribution is 0.0698. The molecule has 0 atom stereocenters. The smallest absolute Gasteiger partial charge is 0.336 e. The highest BCUT2D eigenvalue weighted by Gasteiger charge is 2.20. The molecule has 0 radical (unpaired) electrons. The highest BCUT2D eigenvalue weighted by Crippen LogP contribution is 2.32. The minimum absolute atomic E-state index is 0.111. The van der Waals surface area contributed by atoms with Gasteiger partial charge in [0.1, 0.15) is 5.75 Å². The van der Waals surface area contributed by atoms with E-state index in [-0.39, 0.29) is 27.3 Å². The molecule has 0 aliphatic heterocycles. The molecule has 3 aromatic rings. The summed E-state index contributed by atoms with van der Waals surface area (Å²) in [6, 6.07) is 9.37. The first-order valence-corrected chi connectivity index (χ1v) is 10.9. The average Bonchev–Trinajstić information content (AvgIpc) is 2.63. The standard InChI is InChI=1S/C18H15NO8S2/c1-10-14-6-5-12(8-15(14)16(18(21)22)9-17(10)20)28(23,24)19-11-3-2-4-13(7-11)29(25,26)27/h2-9,19-20H,1H3,(H,21,22)(H,25,26,27). The molecule has 0 heterocycles. The Morgan fingerprint density at radius 3 is 2.24 bits per heavy atom. The van der Waals surface area contributed by atoms with Gasteiger partial charge in [0.15, 0.2) is 0 Å². The summed E-state index contributed by atoms with van der Waals surface area (Å²) >= 11 is 0. The third kappa shape index (κ3) is 4.01. The fourth-order valence-electron chi connectivity index (χ4n) is 2.81. The van der Waals surface area contributed by atoms with Gasteiger partial charge in [-0.3, -0.25) is 9.27 Å². The molecule has 3 aromatic carbocycles. The number of phenols is 1. The molecule has 11 heteroatoms. The van der Waals surface area contributed by atoms with Crippen LogP contribution in [0.2, 0.25) is 0 Å². The van der Waals surface area contributed by atoms with Gasteiger partial charge in [0.2, 0.25) is 0 Å². The van der Waals surface area contributed by atoms with E-state index >= 15 is 0 Å². The first-order chi connectivity index (χ1) is 13.4. The molecular weight excluding hydrogens is 422 g/mol. The summed E-state index contributed by atoms with van der Waals surface area (Å²) in [5.41, 5.74) is 0.0110. The number of anilines is 1. The molecule has 0 aliphatic carbocycles. The number of aryl methyl sites for hydroxylation is 1. The predicted octanol–water partition coefficient (Wildman–Crippen LogP) is 2.60. The molecular formula is C18H15NO8S2. The quantitative estimate of drug-likeness (QED) is 0.443. The van der Waals surface area contributed by atoms with Crippen LogP contribution in [0.25, 0.3) is 10.8 Å². The molecule has 0 bridgehead atoms.